The van der Waals surface area contributed by atoms with Gasteiger partial charge in [-0.3, -0.25) is 4.79 Å². The molecule has 4 nitrogen and oxygen atoms in total. The number of hydrogen-bond donors (Lipinski definition) is 3. The van der Waals surface area contributed by atoms with Crippen LogP contribution in [0.5, 0.6) is 0 Å². The van der Waals surface area contributed by atoms with E-state index in [0.717, 1.165) is 32.2 Å². The maximum Gasteiger partial charge on any atom is 0.237 e. The summed E-state index contributed by atoms with van der Waals surface area (Å²) < 4.78 is 0. The normalized spacial score (nSPS) is 21.7. The van der Waals surface area contributed by atoms with Gasteiger partial charge in [-0.2, -0.15) is 0 Å². The summed E-state index contributed by atoms with van der Waals surface area (Å²) in [4.78, 5) is 11.9. The molecule has 1 heterocycles. The van der Waals surface area contributed by atoms with Crippen LogP contribution in [0.1, 0.15) is 39.5 Å². The Kier molecular flexibility index (Phi) is 4.54. The first-order valence-electron chi connectivity index (χ1n) is 5.83. The fourth-order valence-corrected chi connectivity index (χ4v) is 1.95. The number of aliphatic hydroxyl groups is 1. The lowest BCUT2D eigenvalue weighted by Gasteiger charge is -2.31. The van der Waals surface area contributed by atoms with Crippen LogP contribution in [0, 0.1) is 0 Å². The van der Waals surface area contributed by atoms with Crippen molar-refractivity contribution in [3.05, 3.63) is 0 Å². The van der Waals surface area contributed by atoms with Gasteiger partial charge in [-0.25, -0.2) is 0 Å². The quantitative estimate of drug-likeness (QED) is 0.621. The van der Waals surface area contributed by atoms with Crippen LogP contribution in [0.25, 0.3) is 0 Å². The van der Waals surface area contributed by atoms with Crippen molar-refractivity contribution in [2.45, 2.75) is 51.1 Å². The maximum absolute atomic E-state index is 11.9. The molecule has 1 unspecified atom stereocenters. The molecule has 0 aliphatic carbocycles. The zero-order valence-electron chi connectivity index (χ0n) is 9.68. The molecule has 0 bridgehead atoms. The van der Waals surface area contributed by atoms with Crippen molar-refractivity contribution in [3.63, 3.8) is 0 Å². The second kappa shape index (κ2) is 5.47. The number of carbonyl (C=O) groups excluding carboxylic acids is 1. The van der Waals surface area contributed by atoms with E-state index in [2.05, 4.69) is 10.6 Å². The highest BCUT2D eigenvalue weighted by Gasteiger charge is 2.31. The average Bonchev–Trinajstić information content (AvgIpc) is 2.79. The predicted octanol–water partition coefficient (Wildman–Crippen LogP) is 0.406. The molecule has 0 spiro atoms. The first kappa shape index (κ1) is 12.5. The predicted molar refractivity (Wildman–Crippen MR) is 59.6 cm³/mol. The largest absolute Gasteiger partial charge is 0.394 e. The Balaban J connectivity index is 2.53. The molecule has 3 N–H and O–H groups in total. The molecular weight excluding hydrogens is 192 g/mol. The van der Waals surface area contributed by atoms with E-state index in [1.807, 2.05) is 13.8 Å². The first-order valence-corrected chi connectivity index (χ1v) is 5.83. The average molecular weight is 214 g/mol. The molecule has 1 aliphatic rings. The minimum atomic E-state index is -0.429. The van der Waals surface area contributed by atoms with Crippen molar-refractivity contribution in [1.29, 1.82) is 0 Å². The minimum absolute atomic E-state index is 0.0124. The molecular formula is C11H22N2O2. The SMILES string of the molecule is CCC(CC)(CO)NC(=O)C1CCCN1. The van der Waals surface area contributed by atoms with Gasteiger partial charge >= 0.3 is 0 Å². The van der Waals surface area contributed by atoms with Crippen molar-refractivity contribution in [1.82, 2.24) is 10.6 Å². The summed E-state index contributed by atoms with van der Waals surface area (Å²) in [6, 6.07) is -0.0611. The van der Waals surface area contributed by atoms with Crippen LogP contribution in [0.15, 0.2) is 0 Å². The van der Waals surface area contributed by atoms with Crippen LogP contribution in [-0.2, 0) is 4.79 Å². The minimum Gasteiger partial charge on any atom is -0.394 e. The Morgan fingerprint density at radius 1 is 1.53 bits per heavy atom. The van der Waals surface area contributed by atoms with E-state index in [1.54, 1.807) is 0 Å². The molecule has 88 valence electrons. The zero-order valence-corrected chi connectivity index (χ0v) is 9.68. The Hall–Kier alpha value is -0.610. The first-order chi connectivity index (χ1) is 7.17. The second-order valence-electron chi connectivity index (χ2n) is 4.28. The third-order valence-electron chi connectivity index (χ3n) is 3.42. The Morgan fingerprint density at radius 2 is 2.20 bits per heavy atom. The van der Waals surface area contributed by atoms with Gasteiger partial charge in [0.2, 0.25) is 5.91 Å². The number of hydrogen-bond acceptors (Lipinski definition) is 3. The monoisotopic (exact) mass is 214 g/mol. The van der Waals surface area contributed by atoms with Gasteiger partial charge in [0.1, 0.15) is 0 Å². The summed E-state index contributed by atoms with van der Waals surface area (Å²) in [6.07, 6.45) is 3.49. The third-order valence-corrected chi connectivity index (χ3v) is 3.42. The highest BCUT2D eigenvalue weighted by molar-refractivity contribution is 5.82. The smallest absolute Gasteiger partial charge is 0.237 e. The lowest BCUT2D eigenvalue weighted by Crippen LogP contribution is -2.55. The van der Waals surface area contributed by atoms with E-state index in [0.29, 0.717) is 0 Å². The summed E-state index contributed by atoms with van der Waals surface area (Å²) in [5.41, 5.74) is -0.429. The Morgan fingerprint density at radius 3 is 2.60 bits per heavy atom. The van der Waals surface area contributed by atoms with Gasteiger partial charge in [-0.15, -0.1) is 0 Å². The molecule has 1 aliphatic heterocycles. The summed E-state index contributed by atoms with van der Waals surface area (Å²) in [5, 5.41) is 15.5. The standard InChI is InChI=1S/C11H22N2O2/c1-3-11(4-2,8-14)13-10(15)9-6-5-7-12-9/h9,12,14H,3-8H2,1-2H3,(H,13,15). The summed E-state index contributed by atoms with van der Waals surface area (Å²) >= 11 is 0. The highest BCUT2D eigenvalue weighted by Crippen LogP contribution is 2.15. The molecule has 1 saturated heterocycles. The number of amides is 1. The van der Waals surface area contributed by atoms with Gasteiger partial charge in [0.05, 0.1) is 18.2 Å². The highest BCUT2D eigenvalue weighted by atomic mass is 16.3. The molecule has 15 heavy (non-hydrogen) atoms. The molecule has 1 atom stereocenters. The summed E-state index contributed by atoms with van der Waals surface area (Å²) in [6.45, 7) is 4.91. The van der Waals surface area contributed by atoms with Gasteiger partial charge in [-0.05, 0) is 32.2 Å². The van der Waals surface area contributed by atoms with Crippen molar-refractivity contribution < 1.29 is 9.90 Å². The van der Waals surface area contributed by atoms with Gasteiger partial charge in [0.25, 0.3) is 0 Å². The third kappa shape index (κ3) is 2.92. The molecule has 0 aromatic heterocycles. The van der Waals surface area contributed by atoms with Gasteiger partial charge < -0.3 is 15.7 Å². The number of carbonyl (C=O) groups is 1. The van der Waals surface area contributed by atoms with Gasteiger partial charge in [-0.1, -0.05) is 13.8 Å². The van der Waals surface area contributed by atoms with Crippen molar-refractivity contribution in [2.75, 3.05) is 13.2 Å². The zero-order chi connectivity index (χ0) is 11.3. The van der Waals surface area contributed by atoms with Crippen LogP contribution in [-0.4, -0.2) is 35.7 Å². The Bertz CT molecular complexity index is 200. The van der Waals surface area contributed by atoms with E-state index < -0.39 is 5.54 Å². The van der Waals surface area contributed by atoms with E-state index in [1.165, 1.54) is 0 Å². The molecule has 4 heteroatoms. The van der Waals surface area contributed by atoms with Crippen LogP contribution in [0.2, 0.25) is 0 Å². The van der Waals surface area contributed by atoms with Crippen LogP contribution in [0.3, 0.4) is 0 Å². The molecule has 0 aromatic rings. The van der Waals surface area contributed by atoms with Crippen LogP contribution >= 0.6 is 0 Å². The molecule has 0 aromatic carbocycles. The van der Waals surface area contributed by atoms with Crippen LogP contribution < -0.4 is 10.6 Å². The summed E-state index contributed by atoms with van der Waals surface area (Å²) in [7, 11) is 0. The molecule has 1 amide bonds. The van der Waals surface area contributed by atoms with E-state index >= 15 is 0 Å². The van der Waals surface area contributed by atoms with E-state index in [4.69, 9.17) is 0 Å². The number of nitrogens with one attached hydrogen (secondary N) is 2. The van der Waals surface area contributed by atoms with Crippen molar-refractivity contribution in [2.24, 2.45) is 0 Å². The van der Waals surface area contributed by atoms with Crippen LogP contribution in [0.4, 0.5) is 0 Å². The fraction of sp³-hybridized carbons (Fsp3) is 0.909. The van der Waals surface area contributed by atoms with Crippen molar-refractivity contribution >= 4 is 5.91 Å². The lowest BCUT2D eigenvalue weighted by atomic mass is 9.93. The number of rotatable bonds is 5. The summed E-state index contributed by atoms with van der Waals surface area (Å²) in [5.74, 6) is 0.0326. The molecule has 1 rings (SSSR count). The molecule has 0 saturated carbocycles. The van der Waals surface area contributed by atoms with Gasteiger partial charge in [0, 0.05) is 0 Å². The second-order valence-corrected chi connectivity index (χ2v) is 4.28. The van der Waals surface area contributed by atoms with Crippen molar-refractivity contribution in [3.8, 4) is 0 Å². The fourth-order valence-electron chi connectivity index (χ4n) is 1.95. The van der Waals surface area contributed by atoms with E-state index in [9.17, 15) is 9.90 Å². The Labute approximate surface area is 91.4 Å². The van der Waals surface area contributed by atoms with E-state index in [-0.39, 0.29) is 18.6 Å². The maximum atomic E-state index is 11.9. The lowest BCUT2D eigenvalue weighted by molar-refractivity contribution is -0.125. The molecule has 0 radical (unpaired) electrons. The molecule has 1 fully saturated rings. The van der Waals surface area contributed by atoms with Gasteiger partial charge in [0.15, 0.2) is 0 Å². The topological polar surface area (TPSA) is 61.4 Å². The number of aliphatic hydroxyl groups excluding tert-OH is 1.